The van der Waals surface area contributed by atoms with Gasteiger partial charge in [-0.15, -0.1) is 0 Å². The third-order valence-electron chi connectivity index (χ3n) is 2.74. The molecule has 8 nitrogen and oxygen atoms in total. The lowest BCUT2D eigenvalue weighted by Crippen LogP contribution is -2.05. The van der Waals surface area contributed by atoms with Crippen molar-refractivity contribution in [3.05, 3.63) is 23.2 Å². The maximum absolute atomic E-state index is 11.0. The summed E-state index contributed by atoms with van der Waals surface area (Å²) < 4.78 is 6.66. The number of nitrogens with zero attached hydrogens (tertiary/aromatic N) is 3. The van der Waals surface area contributed by atoms with Gasteiger partial charge in [-0.1, -0.05) is 6.92 Å². The van der Waals surface area contributed by atoms with Crippen LogP contribution in [-0.2, 0) is 13.0 Å². The van der Waals surface area contributed by atoms with Crippen LogP contribution in [0, 0.1) is 0 Å². The van der Waals surface area contributed by atoms with Gasteiger partial charge in [0, 0.05) is 6.54 Å². The predicted molar refractivity (Wildman–Crippen MR) is 66.7 cm³/mol. The lowest BCUT2D eigenvalue weighted by molar-refractivity contribution is 0.0624. The standard InChI is InChI=1S/C12H13N3O5/c1-3-6-5-7(15(4-2)14-6)10-13-8(11(16)17)9(20-10)12(18)19/h5H,3-4H2,1-2H3,(H,16,17)(H,18,19). The Morgan fingerprint density at radius 1 is 1.30 bits per heavy atom. The summed E-state index contributed by atoms with van der Waals surface area (Å²) in [6.45, 7) is 4.31. The Balaban J connectivity index is 2.58. The summed E-state index contributed by atoms with van der Waals surface area (Å²) in [5.74, 6) is -3.67. The van der Waals surface area contributed by atoms with Crippen LogP contribution in [0.5, 0.6) is 0 Å². The van der Waals surface area contributed by atoms with Crippen molar-refractivity contribution in [2.45, 2.75) is 26.8 Å². The number of carbonyl (C=O) groups is 2. The van der Waals surface area contributed by atoms with E-state index in [0.717, 1.165) is 5.69 Å². The van der Waals surface area contributed by atoms with Crippen LogP contribution >= 0.6 is 0 Å². The zero-order valence-corrected chi connectivity index (χ0v) is 11.0. The van der Waals surface area contributed by atoms with Gasteiger partial charge in [0.2, 0.25) is 17.3 Å². The van der Waals surface area contributed by atoms with E-state index in [1.54, 1.807) is 10.7 Å². The fourth-order valence-corrected chi connectivity index (χ4v) is 1.78. The van der Waals surface area contributed by atoms with E-state index < -0.39 is 23.4 Å². The van der Waals surface area contributed by atoms with Crippen LogP contribution in [0.4, 0.5) is 0 Å². The van der Waals surface area contributed by atoms with E-state index in [1.807, 2.05) is 13.8 Å². The van der Waals surface area contributed by atoms with Gasteiger partial charge >= 0.3 is 11.9 Å². The van der Waals surface area contributed by atoms with Gasteiger partial charge in [-0.05, 0) is 19.4 Å². The minimum absolute atomic E-state index is 0.0612. The smallest absolute Gasteiger partial charge is 0.374 e. The maximum atomic E-state index is 11.0. The highest BCUT2D eigenvalue weighted by Gasteiger charge is 2.26. The summed E-state index contributed by atoms with van der Waals surface area (Å²) in [7, 11) is 0. The summed E-state index contributed by atoms with van der Waals surface area (Å²) >= 11 is 0. The fraction of sp³-hybridized carbons (Fsp3) is 0.333. The molecule has 0 saturated carbocycles. The van der Waals surface area contributed by atoms with Gasteiger partial charge in [-0.25, -0.2) is 9.59 Å². The first-order valence-corrected chi connectivity index (χ1v) is 6.02. The first kappa shape index (κ1) is 13.8. The van der Waals surface area contributed by atoms with E-state index in [9.17, 15) is 9.59 Å². The fourth-order valence-electron chi connectivity index (χ4n) is 1.78. The molecule has 0 aliphatic heterocycles. The van der Waals surface area contributed by atoms with E-state index >= 15 is 0 Å². The highest BCUT2D eigenvalue weighted by molar-refractivity contribution is 5.98. The van der Waals surface area contributed by atoms with Crippen LogP contribution in [0.1, 0.15) is 40.6 Å². The van der Waals surface area contributed by atoms with Gasteiger partial charge in [0.25, 0.3) is 0 Å². The van der Waals surface area contributed by atoms with Crippen LogP contribution < -0.4 is 0 Å². The first-order valence-electron chi connectivity index (χ1n) is 6.02. The lowest BCUT2D eigenvalue weighted by Gasteiger charge is -1.99. The minimum Gasteiger partial charge on any atom is -0.476 e. The zero-order valence-electron chi connectivity index (χ0n) is 11.0. The molecule has 0 aliphatic carbocycles. The van der Waals surface area contributed by atoms with E-state index in [2.05, 4.69) is 10.1 Å². The summed E-state index contributed by atoms with van der Waals surface area (Å²) in [4.78, 5) is 25.7. The van der Waals surface area contributed by atoms with E-state index in [0.29, 0.717) is 18.7 Å². The number of rotatable bonds is 5. The molecule has 2 heterocycles. The van der Waals surface area contributed by atoms with Gasteiger partial charge in [-0.2, -0.15) is 10.1 Å². The molecule has 2 N–H and O–H groups in total. The molecule has 0 spiro atoms. The SMILES string of the molecule is CCc1cc(-c2nc(C(=O)O)c(C(=O)O)o2)n(CC)n1. The molecule has 2 aromatic rings. The number of aromatic carboxylic acids is 2. The molecular formula is C12H13N3O5. The highest BCUT2D eigenvalue weighted by atomic mass is 16.4. The van der Waals surface area contributed by atoms with Gasteiger partial charge in [0.05, 0.1) is 5.69 Å². The number of oxazole rings is 1. The molecule has 2 aromatic heterocycles. The monoisotopic (exact) mass is 279 g/mol. The molecule has 0 amide bonds. The molecule has 0 aliphatic rings. The molecule has 0 atom stereocenters. The Kier molecular flexibility index (Phi) is 3.55. The number of hydrogen-bond acceptors (Lipinski definition) is 5. The van der Waals surface area contributed by atoms with Gasteiger partial charge in [-0.3, -0.25) is 4.68 Å². The molecule has 0 radical (unpaired) electrons. The van der Waals surface area contributed by atoms with Crippen LogP contribution in [0.3, 0.4) is 0 Å². The average molecular weight is 279 g/mol. The number of aromatic nitrogens is 3. The molecule has 0 unspecified atom stereocenters. The Morgan fingerprint density at radius 2 is 2.00 bits per heavy atom. The van der Waals surface area contributed by atoms with Gasteiger partial charge in [0.1, 0.15) is 5.69 Å². The second-order valence-electron chi connectivity index (χ2n) is 4.00. The number of carboxylic acid groups (broad SMARTS) is 2. The third-order valence-corrected chi connectivity index (χ3v) is 2.74. The summed E-state index contributed by atoms with van der Waals surface area (Å²) in [5.41, 5.74) is 0.627. The average Bonchev–Trinajstić information content (AvgIpc) is 3.01. The van der Waals surface area contributed by atoms with Crippen molar-refractivity contribution in [1.29, 1.82) is 0 Å². The molecule has 0 aromatic carbocycles. The molecule has 0 bridgehead atoms. The Hall–Kier alpha value is -2.64. The minimum atomic E-state index is -1.47. The maximum Gasteiger partial charge on any atom is 0.374 e. The van der Waals surface area contributed by atoms with Gasteiger partial charge < -0.3 is 14.6 Å². The van der Waals surface area contributed by atoms with Crippen molar-refractivity contribution in [1.82, 2.24) is 14.8 Å². The van der Waals surface area contributed by atoms with Gasteiger partial charge in [0.15, 0.2) is 0 Å². The Labute approximate surface area is 113 Å². The summed E-state index contributed by atoms with van der Waals surface area (Å²) in [6, 6.07) is 1.70. The molecular weight excluding hydrogens is 266 g/mol. The predicted octanol–water partition coefficient (Wildman–Crippen LogP) is 1.52. The van der Waals surface area contributed by atoms with E-state index in [4.69, 9.17) is 14.6 Å². The molecule has 0 fully saturated rings. The highest BCUT2D eigenvalue weighted by Crippen LogP contribution is 2.23. The second kappa shape index (κ2) is 5.16. The molecule has 2 rings (SSSR count). The van der Waals surface area contributed by atoms with Crippen molar-refractivity contribution in [3.63, 3.8) is 0 Å². The Bertz CT molecular complexity index is 639. The zero-order chi connectivity index (χ0) is 14.9. The Morgan fingerprint density at radius 3 is 2.45 bits per heavy atom. The van der Waals surface area contributed by atoms with Crippen LogP contribution in [0.2, 0.25) is 0 Å². The number of carboxylic acids is 2. The number of aryl methyl sites for hydroxylation is 2. The van der Waals surface area contributed by atoms with Crippen molar-refractivity contribution < 1.29 is 24.2 Å². The van der Waals surface area contributed by atoms with Crippen LogP contribution in [0.15, 0.2) is 10.5 Å². The quantitative estimate of drug-likeness (QED) is 0.851. The topological polar surface area (TPSA) is 118 Å². The van der Waals surface area contributed by atoms with Crippen molar-refractivity contribution in [3.8, 4) is 11.6 Å². The third kappa shape index (κ3) is 2.27. The van der Waals surface area contributed by atoms with E-state index in [1.165, 1.54) is 0 Å². The van der Waals surface area contributed by atoms with Crippen molar-refractivity contribution in [2.24, 2.45) is 0 Å². The largest absolute Gasteiger partial charge is 0.476 e. The molecule has 20 heavy (non-hydrogen) atoms. The van der Waals surface area contributed by atoms with Crippen LogP contribution in [0.25, 0.3) is 11.6 Å². The van der Waals surface area contributed by atoms with Crippen LogP contribution in [-0.4, -0.2) is 36.9 Å². The van der Waals surface area contributed by atoms with Crippen molar-refractivity contribution >= 4 is 11.9 Å². The van der Waals surface area contributed by atoms with Crippen molar-refractivity contribution in [2.75, 3.05) is 0 Å². The summed E-state index contributed by atoms with van der Waals surface area (Å²) in [6.07, 6.45) is 0.693. The molecule has 106 valence electrons. The van der Waals surface area contributed by atoms with E-state index in [-0.39, 0.29) is 5.89 Å². The lowest BCUT2D eigenvalue weighted by atomic mass is 10.3. The second-order valence-corrected chi connectivity index (χ2v) is 4.00. The normalized spacial score (nSPS) is 10.7. The molecule has 0 saturated heterocycles. The first-order chi connectivity index (χ1) is 9.47. The molecule has 8 heteroatoms. The summed E-state index contributed by atoms with van der Waals surface area (Å²) in [5, 5.41) is 22.2. The number of hydrogen-bond donors (Lipinski definition) is 2.